The van der Waals surface area contributed by atoms with Crippen LogP contribution in [-0.4, -0.2) is 22.9 Å². The summed E-state index contributed by atoms with van der Waals surface area (Å²) in [5, 5.41) is -0.112. The lowest BCUT2D eigenvalue weighted by Gasteiger charge is -2.11. The van der Waals surface area contributed by atoms with Crippen molar-refractivity contribution < 1.29 is 13.5 Å². The number of rotatable bonds is 5. The van der Waals surface area contributed by atoms with E-state index in [1.54, 1.807) is 6.21 Å². The summed E-state index contributed by atoms with van der Waals surface area (Å²) in [6, 6.07) is 13.8. The van der Waals surface area contributed by atoms with E-state index in [9.17, 15) is 18.4 Å². The molecule has 9 heteroatoms. The van der Waals surface area contributed by atoms with Crippen LogP contribution in [0.15, 0.2) is 75.4 Å². The van der Waals surface area contributed by atoms with Crippen molar-refractivity contribution in [1.29, 1.82) is 0 Å². The molecule has 0 fully saturated rings. The molecule has 166 valence electrons. The van der Waals surface area contributed by atoms with Gasteiger partial charge in [0.1, 0.15) is 5.82 Å². The number of nitrogens with one attached hydrogen (secondary N) is 1. The molecule has 3 aromatic carbocycles. The van der Waals surface area contributed by atoms with E-state index in [4.69, 9.17) is 16.3 Å². The van der Waals surface area contributed by atoms with Gasteiger partial charge in [-0.3, -0.25) is 9.79 Å². The quantitative estimate of drug-likeness (QED) is 0.426. The number of aliphatic imine (C=N–C) groups is 1. The van der Waals surface area contributed by atoms with Crippen LogP contribution >= 0.6 is 11.6 Å². The molecule has 1 heterocycles. The summed E-state index contributed by atoms with van der Waals surface area (Å²) in [6.07, 6.45) is 4.03. The van der Waals surface area contributed by atoms with Crippen molar-refractivity contribution >= 4 is 34.9 Å². The van der Waals surface area contributed by atoms with E-state index in [0.29, 0.717) is 0 Å². The number of ether oxygens (including phenoxy) is 1. The van der Waals surface area contributed by atoms with Gasteiger partial charge in [-0.05, 0) is 29.8 Å². The van der Waals surface area contributed by atoms with E-state index in [1.165, 1.54) is 31.6 Å². The van der Waals surface area contributed by atoms with Gasteiger partial charge >= 0.3 is 5.69 Å². The van der Waals surface area contributed by atoms with E-state index < -0.39 is 22.9 Å². The van der Waals surface area contributed by atoms with E-state index >= 15 is 0 Å². The van der Waals surface area contributed by atoms with Crippen LogP contribution in [0.25, 0.3) is 28.2 Å². The maximum Gasteiger partial charge on any atom is 0.333 e. The lowest BCUT2D eigenvalue weighted by molar-refractivity contribution is 0.387. The van der Waals surface area contributed by atoms with E-state index in [2.05, 4.69) is 9.98 Å². The minimum Gasteiger partial charge on any atom is -0.494 e. The van der Waals surface area contributed by atoms with Gasteiger partial charge in [-0.1, -0.05) is 41.9 Å². The predicted molar refractivity (Wildman–Crippen MR) is 125 cm³/mol. The summed E-state index contributed by atoms with van der Waals surface area (Å²) in [6.45, 7) is 0. The highest BCUT2D eigenvalue weighted by atomic mass is 35.5. The third-order valence-corrected chi connectivity index (χ3v) is 5.19. The molecule has 0 amide bonds. The van der Waals surface area contributed by atoms with Gasteiger partial charge in [-0.15, -0.1) is 0 Å². The van der Waals surface area contributed by atoms with Crippen LogP contribution in [0.2, 0.25) is 5.02 Å². The second-order valence-corrected chi connectivity index (χ2v) is 7.34. The molecule has 0 atom stereocenters. The fourth-order valence-corrected chi connectivity index (χ4v) is 3.51. The highest BCUT2D eigenvalue weighted by Crippen LogP contribution is 2.35. The Balaban J connectivity index is 1.77. The van der Waals surface area contributed by atoms with Crippen molar-refractivity contribution in [2.75, 3.05) is 7.11 Å². The first-order chi connectivity index (χ1) is 15.9. The smallest absolute Gasteiger partial charge is 0.333 e. The van der Waals surface area contributed by atoms with Crippen LogP contribution in [-0.2, 0) is 0 Å². The predicted octanol–water partition coefficient (Wildman–Crippen LogP) is 4.84. The summed E-state index contributed by atoms with van der Waals surface area (Å²) >= 11 is 6.10. The first-order valence-electron chi connectivity index (χ1n) is 9.65. The summed E-state index contributed by atoms with van der Waals surface area (Å²) in [5.41, 5.74) is -0.408. The molecule has 0 spiro atoms. The Hall–Kier alpha value is -4.04. The summed E-state index contributed by atoms with van der Waals surface area (Å²) in [4.78, 5) is 31.9. The second kappa shape index (κ2) is 9.22. The van der Waals surface area contributed by atoms with Gasteiger partial charge in [0.15, 0.2) is 11.6 Å². The zero-order chi connectivity index (χ0) is 23.5. The third-order valence-electron chi connectivity index (χ3n) is 4.87. The van der Waals surface area contributed by atoms with Crippen molar-refractivity contribution in [3.05, 3.63) is 104 Å². The Kier molecular flexibility index (Phi) is 6.19. The lowest BCUT2D eigenvalue weighted by atomic mass is 10.0. The van der Waals surface area contributed by atoms with Gasteiger partial charge in [-0.2, -0.15) is 0 Å². The molecular weight excluding hydrogens is 452 g/mol. The number of halogens is 3. The van der Waals surface area contributed by atoms with Crippen LogP contribution in [0, 0.1) is 11.6 Å². The summed E-state index contributed by atoms with van der Waals surface area (Å²) < 4.78 is 34.5. The first-order valence-corrected chi connectivity index (χ1v) is 10.0. The topological polar surface area (TPSA) is 76.5 Å². The molecule has 6 nitrogen and oxygen atoms in total. The van der Waals surface area contributed by atoms with Crippen molar-refractivity contribution in [1.82, 2.24) is 9.55 Å². The number of H-pyrrole nitrogens is 1. The number of hydrogen-bond acceptors (Lipinski definition) is 4. The van der Waals surface area contributed by atoms with E-state index in [-0.39, 0.29) is 32.8 Å². The number of fused-ring (bicyclic) bond motifs is 1. The zero-order valence-electron chi connectivity index (χ0n) is 17.2. The van der Waals surface area contributed by atoms with Gasteiger partial charge < -0.3 is 9.72 Å². The van der Waals surface area contributed by atoms with Crippen LogP contribution in [0.1, 0.15) is 5.56 Å². The number of nitrogens with zero attached hydrogens (tertiary/aromatic N) is 2. The molecule has 0 aliphatic rings. The maximum atomic E-state index is 15.0. The fraction of sp³-hybridized carbons (Fsp3) is 0.0417. The molecule has 0 aliphatic heterocycles. The largest absolute Gasteiger partial charge is 0.494 e. The Morgan fingerprint density at radius 1 is 1.03 bits per heavy atom. The number of aromatic nitrogens is 2. The molecular formula is C24H16ClF2N3O3. The standard InChI is InChI=1S/C24H16ClF2N3O3/c1-33-22-11-15(18(25)12-20(22)27)16-10-21-17(9-19(16)26)23(31)30(24(32)29-21)8-7-28-13-14-5-3-2-4-6-14/h2-13H,1H3,(H,29,32)/b8-7+,28-13?. The molecule has 33 heavy (non-hydrogen) atoms. The molecule has 0 aliphatic carbocycles. The van der Waals surface area contributed by atoms with Crippen molar-refractivity contribution in [2.24, 2.45) is 4.99 Å². The van der Waals surface area contributed by atoms with Gasteiger partial charge in [0, 0.05) is 29.7 Å². The minimum atomic E-state index is -0.778. The lowest BCUT2D eigenvalue weighted by Crippen LogP contribution is -2.31. The van der Waals surface area contributed by atoms with Crippen LogP contribution in [0.3, 0.4) is 0 Å². The van der Waals surface area contributed by atoms with Crippen LogP contribution in [0.5, 0.6) is 5.75 Å². The molecule has 0 unspecified atom stereocenters. The highest BCUT2D eigenvalue weighted by Gasteiger charge is 2.17. The van der Waals surface area contributed by atoms with E-state index in [1.807, 2.05) is 30.3 Å². The molecule has 4 rings (SSSR count). The highest BCUT2D eigenvalue weighted by molar-refractivity contribution is 6.33. The monoisotopic (exact) mass is 467 g/mol. The Bertz CT molecular complexity index is 1530. The van der Waals surface area contributed by atoms with Crippen molar-refractivity contribution in [2.45, 2.75) is 0 Å². The van der Waals surface area contributed by atoms with Gasteiger partial charge in [0.05, 0.1) is 23.0 Å². The van der Waals surface area contributed by atoms with Crippen molar-refractivity contribution in [3.8, 4) is 16.9 Å². The van der Waals surface area contributed by atoms with Crippen LogP contribution in [0.4, 0.5) is 8.78 Å². The zero-order valence-corrected chi connectivity index (χ0v) is 17.9. The molecule has 1 aromatic heterocycles. The van der Waals surface area contributed by atoms with Crippen LogP contribution < -0.4 is 16.0 Å². The average molecular weight is 468 g/mol. The average Bonchev–Trinajstić information content (AvgIpc) is 2.80. The maximum absolute atomic E-state index is 15.0. The summed E-state index contributed by atoms with van der Waals surface area (Å²) in [5.74, 6) is -1.61. The molecule has 4 aromatic rings. The molecule has 0 saturated carbocycles. The molecule has 0 bridgehead atoms. The molecule has 0 saturated heterocycles. The van der Waals surface area contributed by atoms with Gasteiger partial charge in [0.2, 0.25) is 0 Å². The van der Waals surface area contributed by atoms with Gasteiger partial charge in [-0.25, -0.2) is 18.1 Å². The Morgan fingerprint density at radius 2 is 1.79 bits per heavy atom. The number of benzene rings is 3. The first kappa shape index (κ1) is 22.2. The summed E-state index contributed by atoms with van der Waals surface area (Å²) in [7, 11) is 1.27. The van der Waals surface area contributed by atoms with Gasteiger partial charge in [0.25, 0.3) is 5.56 Å². The minimum absolute atomic E-state index is 0.0263. The fourth-order valence-electron chi connectivity index (χ4n) is 3.26. The Labute approximate surface area is 191 Å². The molecule has 1 N–H and O–H groups in total. The SMILES string of the molecule is COc1cc(-c2cc3[nH]c(=O)n(/C=C/N=Cc4ccccc4)c(=O)c3cc2F)c(Cl)cc1F. The van der Waals surface area contributed by atoms with E-state index in [0.717, 1.165) is 22.3 Å². The normalized spacial score (nSPS) is 11.6. The third kappa shape index (κ3) is 4.47. The van der Waals surface area contributed by atoms with Crippen molar-refractivity contribution in [3.63, 3.8) is 0 Å². The number of hydrogen-bond donors (Lipinski definition) is 1. The number of aromatic amines is 1. The Morgan fingerprint density at radius 3 is 2.52 bits per heavy atom. The second-order valence-electron chi connectivity index (χ2n) is 6.94. The molecule has 0 radical (unpaired) electrons. The number of methoxy groups -OCH3 is 1.